The van der Waals surface area contributed by atoms with Crippen LogP contribution >= 0.6 is 34.7 Å². The van der Waals surface area contributed by atoms with Gasteiger partial charge in [-0.25, -0.2) is 9.97 Å². The average Bonchev–Trinajstić information content (AvgIpc) is 3.20. The van der Waals surface area contributed by atoms with Crippen LogP contribution in [0.5, 0.6) is 0 Å². The van der Waals surface area contributed by atoms with Gasteiger partial charge in [-0.1, -0.05) is 53.7 Å². The lowest BCUT2D eigenvalue weighted by Gasteiger charge is -2.09. The average molecular weight is 443 g/mol. The largest absolute Gasteiger partial charge is 0.369 e. The number of carbonyl (C=O) groups excluding carboxylic acids is 1. The number of aryl methyl sites for hydroxylation is 1. The zero-order valence-electron chi connectivity index (χ0n) is 15.8. The molecule has 8 heteroatoms. The van der Waals surface area contributed by atoms with Gasteiger partial charge < -0.3 is 10.3 Å². The standard InChI is InChI=1S/C21H19ClN4OS2/c1-13-18(10-19(23)27)29-21(24-13)28-12-20-25-16-9-15(22)7-8-17(16)26(20)11-14-5-3-2-4-6-14/h2-9H,10-12H2,1H3,(H2,23,27). The molecule has 0 saturated heterocycles. The number of benzene rings is 2. The van der Waals surface area contributed by atoms with Crippen LogP contribution in [0.1, 0.15) is 22.0 Å². The number of imidazole rings is 1. The molecule has 2 N–H and O–H groups in total. The van der Waals surface area contributed by atoms with Crippen LogP contribution in [0.25, 0.3) is 11.0 Å². The maximum atomic E-state index is 11.2. The number of primary amides is 1. The molecule has 0 aliphatic rings. The molecule has 0 saturated carbocycles. The Morgan fingerprint density at radius 3 is 2.76 bits per heavy atom. The van der Waals surface area contributed by atoms with Crippen LogP contribution in [-0.2, 0) is 23.5 Å². The first kappa shape index (κ1) is 19.9. The summed E-state index contributed by atoms with van der Waals surface area (Å²) in [5.41, 5.74) is 9.33. The molecule has 1 amide bonds. The molecule has 148 valence electrons. The fraction of sp³-hybridized carbons (Fsp3) is 0.190. The van der Waals surface area contributed by atoms with Gasteiger partial charge in [0.05, 0.1) is 28.9 Å². The van der Waals surface area contributed by atoms with Crippen molar-refractivity contribution in [1.29, 1.82) is 0 Å². The van der Waals surface area contributed by atoms with Gasteiger partial charge in [-0.15, -0.1) is 11.3 Å². The molecule has 0 aliphatic heterocycles. The zero-order chi connectivity index (χ0) is 20.4. The van der Waals surface area contributed by atoms with Crippen LogP contribution in [0.4, 0.5) is 0 Å². The predicted octanol–water partition coefficient (Wildman–Crippen LogP) is 4.82. The van der Waals surface area contributed by atoms with E-state index < -0.39 is 0 Å². The van der Waals surface area contributed by atoms with Crippen molar-refractivity contribution < 1.29 is 4.79 Å². The zero-order valence-corrected chi connectivity index (χ0v) is 18.2. The fourth-order valence-electron chi connectivity index (χ4n) is 3.12. The summed E-state index contributed by atoms with van der Waals surface area (Å²) in [5, 5.41) is 0.674. The van der Waals surface area contributed by atoms with Crippen molar-refractivity contribution in [3.63, 3.8) is 0 Å². The number of fused-ring (bicyclic) bond motifs is 1. The number of amides is 1. The van der Waals surface area contributed by atoms with Crippen LogP contribution in [0.2, 0.25) is 5.02 Å². The molecule has 0 fully saturated rings. The Labute approximate surface area is 181 Å². The molecule has 2 heterocycles. The fourth-order valence-corrected chi connectivity index (χ4v) is 5.47. The van der Waals surface area contributed by atoms with Crippen LogP contribution < -0.4 is 5.73 Å². The number of nitrogens with two attached hydrogens (primary N) is 1. The number of thioether (sulfide) groups is 1. The molecule has 0 unspecified atom stereocenters. The van der Waals surface area contributed by atoms with Crippen molar-refractivity contribution in [2.24, 2.45) is 5.73 Å². The molecule has 4 rings (SSSR count). The molecular formula is C21H19ClN4OS2. The van der Waals surface area contributed by atoms with Gasteiger partial charge in [0.1, 0.15) is 5.82 Å². The van der Waals surface area contributed by atoms with E-state index in [0.29, 0.717) is 10.8 Å². The highest BCUT2D eigenvalue weighted by Gasteiger charge is 2.15. The minimum absolute atomic E-state index is 0.231. The summed E-state index contributed by atoms with van der Waals surface area (Å²) in [6.07, 6.45) is 0.231. The van der Waals surface area contributed by atoms with E-state index in [9.17, 15) is 4.79 Å². The van der Waals surface area contributed by atoms with Gasteiger partial charge in [0.25, 0.3) is 0 Å². The normalized spacial score (nSPS) is 11.2. The summed E-state index contributed by atoms with van der Waals surface area (Å²) in [6, 6.07) is 16.1. The van der Waals surface area contributed by atoms with Gasteiger partial charge in [-0.05, 0) is 30.7 Å². The van der Waals surface area contributed by atoms with Crippen molar-refractivity contribution in [2.75, 3.05) is 0 Å². The number of thiazole rings is 1. The van der Waals surface area contributed by atoms with Crippen LogP contribution in [-0.4, -0.2) is 20.4 Å². The van der Waals surface area contributed by atoms with Crippen LogP contribution in [0.3, 0.4) is 0 Å². The third-order valence-corrected chi connectivity index (χ3v) is 7.04. The second-order valence-corrected chi connectivity index (χ2v) is 9.40. The topological polar surface area (TPSA) is 73.8 Å². The quantitative estimate of drug-likeness (QED) is 0.416. The van der Waals surface area contributed by atoms with Gasteiger partial charge in [0.2, 0.25) is 5.91 Å². The first-order valence-electron chi connectivity index (χ1n) is 9.05. The molecule has 2 aromatic carbocycles. The van der Waals surface area contributed by atoms with Gasteiger partial charge >= 0.3 is 0 Å². The van der Waals surface area contributed by atoms with Crippen molar-refractivity contribution in [3.05, 3.63) is 75.5 Å². The number of rotatable bonds is 7. The third kappa shape index (κ3) is 4.63. The highest BCUT2D eigenvalue weighted by Crippen LogP contribution is 2.31. The van der Waals surface area contributed by atoms with Crippen molar-refractivity contribution in [2.45, 2.75) is 30.0 Å². The molecule has 0 spiro atoms. The summed E-state index contributed by atoms with van der Waals surface area (Å²) >= 11 is 9.31. The van der Waals surface area contributed by atoms with Gasteiger partial charge in [0, 0.05) is 16.4 Å². The molecule has 29 heavy (non-hydrogen) atoms. The molecule has 0 bridgehead atoms. The smallest absolute Gasteiger partial charge is 0.222 e. The maximum absolute atomic E-state index is 11.2. The van der Waals surface area contributed by atoms with E-state index in [1.54, 1.807) is 11.8 Å². The third-order valence-electron chi connectivity index (χ3n) is 4.51. The van der Waals surface area contributed by atoms with Gasteiger partial charge in [-0.3, -0.25) is 4.79 Å². The monoisotopic (exact) mass is 442 g/mol. The lowest BCUT2D eigenvalue weighted by Crippen LogP contribution is -2.13. The minimum Gasteiger partial charge on any atom is -0.369 e. The lowest BCUT2D eigenvalue weighted by molar-refractivity contribution is -0.117. The molecule has 0 atom stereocenters. The Bertz CT molecular complexity index is 1170. The van der Waals surface area contributed by atoms with E-state index in [-0.39, 0.29) is 12.3 Å². The summed E-state index contributed by atoms with van der Waals surface area (Å²) in [6.45, 7) is 2.64. The first-order chi connectivity index (χ1) is 14.0. The predicted molar refractivity (Wildman–Crippen MR) is 120 cm³/mol. The number of nitrogens with zero attached hydrogens (tertiary/aromatic N) is 3. The summed E-state index contributed by atoms with van der Waals surface area (Å²) < 4.78 is 3.13. The number of hydrogen-bond acceptors (Lipinski definition) is 5. The Morgan fingerprint density at radius 1 is 1.21 bits per heavy atom. The molecule has 2 aromatic heterocycles. The highest BCUT2D eigenvalue weighted by atomic mass is 35.5. The van der Waals surface area contributed by atoms with Crippen molar-refractivity contribution >= 4 is 51.6 Å². The lowest BCUT2D eigenvalue weighted by atomic mass is 10.2. The minimum atomic E-state index is -0.338. The van der Waals surface area contributed by atoms with E-state index in [2.05, 4.69) is 21.7 Å². The van der Waals surface area contributed by atoms with E-state index >= 15 is 0 Å². The molecule has 5 nitrogen and oxygen atoms in total. The number of aromatic nitrogens is 3. The number of carbonyl (C=O) groups is 1. The number of hydrogen-bond donors (Lipinski definition) is 1. The van der Waals surface area contributed by atoms with E-state index in [1.807, 2.05) is 43.3 Å². The van der Waals surface area contributed by atoms with Gasteiger partial charge in [-0.2, -0.15) is 0 Å². The van der Waals surface area contributed by atoms with Crippen LogP contribution in [0, 0.1) is 6.92 Å². The summed E-state index contributed by atoms with van der Waals surface area (Å²) in [7, 11) is 0. The molecule has 0 aliphatic carbocycles. The Balaban J connectivity index is 1.62. The Kier molecular flexibility index (Phi) is 5.89. The van der Waals surface area contributed by atoms with E-state index in [4.69, 9.17) is 22.3 Å². The van der Waals surface area contributed by atoms with Crippen molar-refractivity contribution in [3.8, 4) is 0 Å². The number of halogens is 1. The van der Waals surface area contributed by atoms with E-state index in [1.165, 1.54) is 16.9 Å². The Morgan fingerprint density at radius 2 is 2.00 bits per heavy atom. The van der Waals surface area contributed by atoms with E-state index in [0.717, 1.165) is 38.3 Å². The Hall–Kier alpha value is -2.35. The molecular weight excluding hydrogens is 424 g/mol. The summed E-state index contributed by atoms with van der Waals surface area (Å²) in [4.78, 5) is 21.5. The maximum Gasteiger partial charge on any atom is 0.222 e. The van der Waals surface area contributed by atoms with Crippen LogP contribution in [0.15, 0.2) is 52.9 Å². The second kappa shape index (κ2) is 8.57. The highest BCUT2D eigenvalue weighted by molar-refractivity contribution is 8.00. The molecule has 0 radical (unpaired) electrons. The summed E-state index contributed by atoms with van der Waals surface area (Å²) in [5.74, 6) is 1.29. The van der Waals surface area contributed by atoms with Crippen molar-refractivity contribution in [1.82, 2.24) is 14.5 Å². The second-order valence-electron chi connectivity index (χ2n) is 6.65. The molecule has 4 aromatic rings. The van der Waals surface area contributed by atoms with Gasteiger partial charge in [0.15, 0.2) is 4.34 Å². The SMILES string of the molecule is Cc1nc(SCc2nc3cc(Cl)ccc3n2Cc2ccccc2)sc1CC(N)=O. The first-order valence-corrected chi connectivity index (χ1v) is 11.2.